The van der Waals surface area contributed by atoms with E-state index in [1.165, 1.54) is 77.0 Å². The molecule has 0 aromatic heterocycles. The predicted octanol–water partition coefficient (Wildman–Crippen LogP) is 15.5. The van der Waals surface area contributed by atoms with Gasteiger partial charge in [-0.25, -0.2) is 0 Å². The molecule has 0 aromatic carbocycles. The molecule has 0 saturated heterocycles. The third-order valence-electron chi connectivity index (χ3n) is 10.6. The van der Waals surface area contributed by atoms with Crippen molar-refractivity contribution in [2.24, 2.45) is 0 Å². The van der Waals surface area contributed by atoms with Crippen LogP contribution < -0.4 is 4.89 Å². The summed E-state index contributed by atoms with van der Waals surface area (Å²) in [5, 5.41) is 0. The molecule has 0 aliphatic carbocycles. The summed E-state index contributed by atoms with van der Waals surface area (Å²) in [6, 6.07) is 0. The third kappa shape index (κ3) is 52.3. The molecular weight excluding hydrogens is 830 g/mol. The number of nitrogens with zero attached hydrogens (tertiary/aromatic N) is 1. The summed E-state index contributed by atoms with van der Waals surface area (Å²) in [6.07, 6.45) is 65.7. The van der Waals surface area contributed by atoms with Crippen LogP contribution in [0.3, 0.4) is 0 Å². The zero-order valence-corrected chi connectivity index (χ0v) is 43.3. The molecule has 0 aromatic rings. The fourth-order valence-corrected chi connectivity index (χ4v) is 7.43. The average molecular weight is 928 g/mol. The molecule has 0 saturated carbocycles. The van der Waals surface area contributed by atoms with Crippen molar-refractivity contribution in [3.8, 4) is 0 Å². The molecule has 374 valence electrons. The maximum Gasteiger partial charge on any atom is 0.306 e. The second-order valence-corrected chi connectivity index (χ2v) is 19.5. The second-order valence-electron chi connectivity index (χ2n) is 18.1. The molecule has 0 N–H and O–H groups in total. The first-order valence-electron chi connectivity index (χ1n) is 26.0. The molecule has 2 unspecified atom stereocenters. The summed E-state index contributed by atoms with van der Waals surface area (Å²) >= 11 is 0. The highest BCUT2D eigenvalue weighted by atomic mass is 31.2. The molecule has 2 atom stereocenters. The second kappa shape index (κ2) is 47.9. The number of hydrogen-bond donors (Lipinski definition) is 0. The Bertz CT molecular complexity index is 1360. The zero-order valence-electron chi connectivity index (χ0n) is 42.4. The normalized spacial score (nSPS) is 14.4. The lowest BCUT2D eigenvalue weighted by molar-refractivity contribution is -0.870. The van der Waals surface area contributed by atoms with Gasteiger partial charge in [-0.1, -0.05) is 195 Å². The number of carbonyl (C=O) groups excluding carboxylic acids is 1. The van der Waals surface area contributed by atoms with E-state index in [4.69, 9.17) is 18.5 Å². The van der Waals surface area contributed by atoms with Crippen LogP contribution in [0.25, 0.3) is 0 Å². The van der Waals surface area contributed by atoms with Gasteiger partial charge < -0.3 is 27.9 Å². The maximum atomic E-state index is 12.7. The van der Waals surface area contributed by atoms with Gasteiger partial charge in [0, 0.05) is 13.0 Å². The van der Waals surface area contributed by atoms with E-state index in [0.717, 1.165) is 96.3 Å². The van der Waals surface area contributed by atoms with Crippen LogP contribution in [0.15, 0.2) is 97.2 Å². The lowest BCUT2D eigenvalue weighted by Gasteiger charge is -2.28. The molecule has 9 heteroatoms. The number of likely N-dealkylation sites (N-methyl/N-ethyl adjacent to an activating group) is 1. The number of esters is 1. The van der Waals surface area contributed by atoms with Crippen LogP contribution in [0.5, 0.6) is 0 Å². The largest absolute Gasteiger partial charge is 0.756 e. The number of unbranched alkanes of at least 4 members (excludes halogenated alkanes) is 17. The number of allylic oxidation sites excluding steroid dienone is 16. The highest BCUT2D eigenvalue weighted by Crippen LogP contribution is 2.38. The van der Waals surface area contributed by atoms with Gasteiger partial charge in [0.15, 0.2) is 0 Å². The van der Waals surface area contributed by atoms with Gasteiger partial charge in [-0.05, 0) is 89.9 Å². The third-order valence-corrected chi connectivity index (χ3v) is 11.6. The molecule has 8 nitrogen and oxygen atoms in total. The molecule has 0 heterocycles. The molecule has 0 amide bonds. The fraction of sp³-hybridized carbons (Fsp3) is 0.696. The van der Waals surface area contributed by atoms with Crippen molar-refractivity contribution in [3.63, 3.8) is 0 Å². The molecular formula is C56H98NO7P. The molecule has 0 radical (unpaired) electrons. The zero-order chi connectivity index (χ0) is 47.6. The van der Waals surface area contributed by atoms with Crippen molar-refractivity contribution in [3.05, 3.63) is 97.2 Å². The van der Waals surface area contributed by atoms with E-state index in [1.807, 2.05) is 21.1 Å². The van der Waals surface area contributed by atoms with Gasteiger partial charge >= 0.3 is 5.97 Å². The molecule has 0 rings (SSSR count). The smallest absolute Gasteiger partial charge is 0.306 e. The minimum absolute atomic E-state index is 0.0180. The predicted molar refractivity (Wildman–Crippen MR) is 277 cm³/mol. The highest BCUT2D eigenvalue weighted by molar-refractivity contribution is 7.45. The van der Waals surface area contributed by atoms with Crippen LogP contribution in [0.2, 0.25) is 0 Å². The number of phosphoric ester groups is 1. The van der Waals surface area contributed by atoms with E-state index >= 15 is 0 Å². The Morgan fingerprint density at radius 2 is 0.846 bits per heavy atom. The van der Waals surface area contributed by atoms with Crippen molar-refractivity contribution in [1.82, 2.24) is 0 Å². The molecule has 65 heavy (non-hydrogen) atoms. The number of quaternary nitrogens is 1. The molecule has 0 aliphatic heterocycles. The summed E-state index contributed by atoms with van der Waals surface area (Å²) < 4.78 is 34.7. The van der Waals surface area contributed by atoms with E-state index in [0.29, 0.717) is 24.1 Å². The fourth-order valence-electron chi connectivity index (χ4n) is 6.71. The Kier molecular flexibility index (Phi) is 46.0. The Labute approximate surface area is 400 Å². The van der Waals surface area contributed by atoms with Gasteiger partial charge in [-0.2, -0.15) is 0 Å². The van der Waals surface area contributed by atoms with Gasteiger partial charge in [0.2, 0.25) is 0 Å². The Morgan fingerprint density at radius 3 is 1.26 bits per heavy atom. The summed E-state index contributed by atoms with van der Waals surface area (Å²) in [5.41, 5.74) is 0. The number of hydrogen-bond acceptors (Lipinski definition) is 7. The standard InChI is InChI=1S/C56H98NO7P/c1-6-8-10-12-14-16-18-20-22-24-25-26-27-28-29-30-31-32-34-36-38-40-42-44-46-48-51-61-53-55(54-63-65(59,60)62-52-50-57(3,4)5)64-56(58)49-47-45-43-41-39-37-35-33-23-21-19-17-15-13-11-9-7-2/h8-11,14-17,20-23,25-26,28-29,55H,6-7,12-13,18-19,24,27,30-54H2,1-5H3/b10-8-,11-9-,16-14-,17-15-,22-20-,23-21-,26-25-,29-28-. The first-order valence-corrected chi connectivity index (χ1v) is 27.4. The van der Waals surface area contributed by atoms with Crippen LogP contribution in [0.1, 0.15) is 194 Å². The molecule has 0 fully saturated rings. The lowest BCUT2D eigenvalue weighted by Crippen LogP contribution is -2.37. The lowest BCUT2D eigenvalue weighted by atomic mass is 10.1. The quantitative estimate of drug-likeness (QED) is 0.0197. The SMILES string of the molecule is CC/C=C\C/C=C\C/C=C\C/C=C\C/C=C\CCCCCCCCCCCCOCC(COP(=O)([O-])OCC[N+](C)(C)C)OC(=O)CCCCCCCCC/C=C\C/C=C\C/C=C\CC. The minimum atomic E-state index is -4.54. The minimum Gasteiger partial charge on any atom is -0.756 e. The van der Waals surface area contributed by atoms with Gasteiger partial charge in [0.1, 0.15) is 19.3 Å². The Morgan fingerprint density at radius 1 is 0.477 bits per heavy atom. The molecule has 0 spiro atoms. The summed E-state index contributed by atoms with van der Waals surface area (Å²) in [4.78, 5) is 25.2. The Hall–Kier alpha value is -2.58. The summed E-state index contributed by atoms with van der Waals surface area (Å²) in [6.45, 7) is 5.15. The topological polar surface area (TPSA) is 94.1 Å². The van der Waals surface area contributed by atoms with E-state index in [9.17, 15) is 14.3 Å². The number of rotatable bonds is 47. The van der Waals surface area contributed by atoms with Crippen molar-refractivity contribution >= 4 is 13.8 Å². The number of ether oxygens (including phenoxy) is 2. The van der Waals surface area contributed by atoms with Crippen molar-refractivity contribution in [2.75, 3.05) is 54.1 Å². The number of phosphoric acid groups is 1. The van der Waals surface area contributed by atoms with Crippen LogP contribution >= 0.6 is 7.82 Å². The van der Waals surface area contributed by atoms with Crippen LogP contribution in [-0.4, -0.2) is 70.7 Å². The van der Waals surface area contributed by atoms with E-state index in [1.54, 1.807) is 0 Å². The van der Waals surface area contributed by atoms with Gasteiger partial charge in [0.05, 0.1) is 34.4 Å². The van der Waals surface area contributed by atoms with Crippen molar-refractivity contribution < 1.29 is 37.3 Å². The van der Waals surface area contributed by atoms with Crippen molar-refractivity contribution in [1.29, 1.82) is 0 Å². The summed E-state index contributed by atoms with van der Waals surface area (Å²) in [5.74, 6) is -0.349. The highest BCUT2D eigenvalue weighted by Gasteiger charge is 2.20. The van der Waals surface area contributed by atoms with Crippen LogP contribution in [0.4, 0.5) is 0 Å². The molecule has 0 aliphatic rings. The van der Waals surface area contributed by atoms with Crippen LogP contribution in [0, 0.1) is 0 Å². The average Bonchev–Trinajstić information content (AvgIpc) is 3.27. The monoisotopic (exact) mass is 928 g/mol. The van der Waals surface area contributed by atoms with E-state index in [2.05, 4.69) is 111 Å². The maximum absolute atomic E-state index is 12.7. The van der Waals surface area contributed by atoms with Crippen LogP contribution in [-0.2, 0) is 27.9 Å². The number of carbonyl (C=O) groups is 1. The van der Waals surface area contributed by atoms with Gasteiger partial charge in [-0.3, -0.25) is 9.36 Å². The van der Waals surface area contributed by atoms with Gasteiger partial charge in [-0.15, -0.1) is 0 Å². The van der Waals surface area contributed by atoms with E-state index < -0.39 is 13.9 Å². The Balaban J connectivity index is 4.15. The van der Waals surface area contributed by atoms with Crippen molar-refractivity contribution in [2.45, 2.75) is 200 Å². The first kappa shape index (κ1) is 62.4. The summed E-state index contributed by atoms with van der Waals surface area (Å²) in [7, 11) is 1.33. The van der Waals surface area contributed by atoms with E-state index in [-0.39, 0.29) is 25.8 Å². The van der Waals surface area contributed by atoms with Gasteiger partial charge in [0.25, 0.3) is 7.82 Å². The first-order chi connectivity index (χ1) is 31.6. The molecule has 0 bridgehead atoms.